The van der Waals surface area contributed by atoms with Gasteiger partial charge in [0.2, 0.25) is 0 Å². The fraction of sp³-hybridized carbons (Fsp3) is 0.125. The molecule has 0 spiro atoms. The minimum atomic E-state index is -0.798. The molecule has 0 aliphatic carbocycles. The van der Waals surface area contributed by atoms with Crippen LogP contribution in [0.4, 0.5) is 16.2 Å². The number of carbonyl (C=O) groups is 3. The smallest absolute Gasteiger partial charge is 0.318 e. The van der Waals surface area contributed by atoms with Crippen LogP contribution in [0.1, 0.15) is 22.5 Å². The van der Waals surface area contributed by atoms with Crippen LogP contribution in [0.5, 0.6) is 0 Å². The zero-order valence-corrected chi connectivity index (χ0v) is 18.2. The van der Waals surface area contributed by atoms with Crippen molar-refractivity contribution < 1.29 is 19.3 Å². The van der Waals surface area contributed by atoms with Gasteiger partial charge in [0.25, 0.3) is 17.5 Å². The molecule has 33 heavy (non-hydrogen) atoms. The lowest BCUT2D eigenvalue weighted by Gasteiger charge is -2.27. The van der Waals surface area contributed by atoms with Gasteiger partial charge in [-0.25, -0.2) is 9.69 Å². The summed E-state index contributed by atoms with van der Waals surface area (Å²) < 4.78 is 1.87. The number of non-ortho nitro benzene ring substituents is 1. The average molecular weight is 444 g/mol. The summed E-state index contributed by atoms with van der Waals surface area (Å²) in [6.07, 6.45) is 1.46. The van der Waals surface area contributed by atoms with E-state index in [0.29, 0.717) is 22.5 Å². The number of nitro benzene ring substituents is 1. The molecule has 1 aromatic heterocycles. The van der Waals surface area contributed by atoms with E-state index in [0.717, 1.165) is 16.3 Å². The molecule has 166 valence electrons. The Bertz CT molecular complexity index is 1350. The van der Waals surface area contributed by atoms with E-state index in [9.17, 15) is 24.5 Å². The van der Waals surface area contributed by atoms with E-state index in [1.54, 1.807) is 49.4 Å². The first kappa shape index (κ1) is 21.7. The summed E-state index contributed by atoms with van der Waals surface area (Å²) in [5.41, 5.74) is 3.79. The summed E-state index contributed by atoms with van der Waals surface area (Å²) in [7, 11) is 0. The fourth-order valence-electron chi connectivity index (χ4n) is 3.90. The molecule has 0 radical (unpaired) electrons. The monoisotopic (exact) mass is 444 g/mol. The first-order valence-corrected chi connectivity index (χ1v) is 10.1. The summed E-state index contributed by atoms with van der Waals surface area (Å²) in [6.45, 7) is 5.44. The lowest BCUT2D eigenvalue weighted by atomic mass is 10.1. The second kappa shape index (κ2) is 8.19. The first-order chi connectivity index (χ1) is 15.7. The third-order valence-electron chi connectivity index (χ3n) is 5.55. The molecule has 4 rings (SSSR count). The number of carbonyl (C=O) groups excluding carboxylic acids is 3. The molecule has 1 aliphatic heterocycles. The molecule has 9 heteroatoms. The SMILES string of the molecule is Cc1ccccc1N1C(=O)NC(=O)C(=Cc2cc(C)n(-c3ccc([N+](=O)[O-])cc3)c2C)C1=O. The van der Waals surface area contributed by atoms with E-state index in [1.807, 2.05) is 18.4 Å². The first-order valence-electron chi connectivity index (χ1n) is 10.1. The summed E-state index contributed by atoms with van der Waals surface area (Å²) in [4.78, 5) is 49.6. The Kier molecular flexibility index (Phi) is 5.39. The van der Waals surface area contributed by atoms with Crippen molar-refractivity contribution in [2.75, 3.05) is 4.90 Å². The van der Waals surface area contributed by atoms with E-state index in [2.05, 4.69) is 5.32 Å². The maximum Gasteiger partial charge on any atom is 0.335 e. The zero-order chi connectivity index (χ0) is 23.9. The van der Waals surface area contributed by atoms with Crippen LogP contribution < -0.4 is 10.2 Å². The molecule has 2 aromatic carbocycles. The summed E-state index contributed by atoms with van der Waals surface area (Å²) in [6, 6.07) is 14.0. The van der Waals surface area contributed by atoms with Crippen LogP contribution in [0, 0.1) is 30.9 Å². The molecule has 1 N–H and O–H groups in total. The third-order valence-corrected chi connectivity index (χ3v) is 5.55. The topological polar surface area (TPSA) is 115 Å². The number of anilines is 1. The van der Waals surface area contributed by atoms with Crippen LogP contribution in [0.3, 0.4) is 0 Å². The van der Waals surface area contributed by atoms with Crippen LogP contribution in [-0.4, -0.2) is 27.3 Å². The van der Waals surface area contributed by atoms with Crippen molar-refractivity contribution in [1.29, 1.82) is 0 Å². The van der Waals surface area contributed by atoms with Gasteiger partial charge in [0.05, 0.1) is 10.6 Å². The van der Waals surface area contributed by atoms with Gasteiger partial charge >= 0.3 is 6.03 Å². The van der Waals surface area contributed by atoms with Gasteiger partial charge in [0.15, 0.2) is 0 Å². The Morgan fingerprint density at radius 1 is 0.970 bits per heavy atom. The highest BCUT2D eigenvalue weighted by atomic mass is 16.6. The van der Waals surface area contributed by atoms with Crippen molar-refractivity contribution in [1.82, 2.24) is 9.88 Å². The fourth-order valence-corrected chi connectivity index (χ4v) is 3.90. The number of urea groups is 1. The van der Waals surface area contributed by atoms with Gasteiger partial charge < -0.3 is 4.57 Å². The predicted molar refractivity (Wildman–Crippen MR) is 122 cm³/mol. The van der Waals surface area contributed by atoms with E-state index in [4.69, 9.17) is 0 Å². The number of rotatable bonds is 4. The van der Waals surface area contributed by atoms with Crippen LogP contribution in [0.25, 0.3) is 11.8 Å². The number of aryl methyl sites for hydroxylation is 2. The Balaban J connectivity index is 1.75. The number of nitrogens with zero attached hydrogens (tertiary/aromatic N) is 3. The van der Waals surface area contributed by atoms with Crippen LogP contribution in [-0.2, 0) is 9.59 Å². The minimum Gasteiger partial charge on any atom is -0.318 e. The van der Waals surface area contributed by atoms with Crippen molar-refractivity contribution in [3.05, 3.63) is 92.8 Å². The van der Waals surface area contributed by atoms with Gasteiger partial charge in [-0.2, -0.15) is 0 Å². The van der Waals surface area contributed by atoms with Gasteiger partial charge in [-0.1, -0.05) is 18.2 Å². The second-order valence-electron chi connectivity index (χ2n) is 7.68. The molecular formula is C24H20N4O5. The molecule has 4 amide bonds. The van der Waals surface area contributed by atoms with Gasteiger partial charge in [-0.15, -0.1) is 0 Å². The van der Waals surface area contributed by atoms with Gasteiger partial charge in [-0.05, 0) is 62.2 Å². The van der Waals surface area contributed by atoms with Crippen LogP contribution in [0.2, 0.25) is 0 Å². The molecule has 2 heterocycles. The van der Waals surface area contributed by atoms with Gasteiger partial charge in [0, 0.05) is 29.2 Å². The van der Waals surface area contributed by atoms with E-state index < -0.39 is 22.8 Å². The van der Waals surface area contributed by atoms with Gasteiger partial charge in [0.1, 0.15) is 5.57 Å². The Morgan fingerprint density at radius 2 is 1.64 bits per heavy atom. The normalized spacial score (nSPS) is 15.2. The van der Waals surface area contributed by atoms with Crippen LogP contribution >= 0.6 is 0 Å². The van der Waals surface area contributed by atoms with Crippen molar-refractivity contribution in [2.45, 2.75) is 20.8 Å². The van der Waals surface area contributed by atoms with E-state index in [1.165, 1.54) is 18.2 Å². The molecular weight excluding hydrogens is 424 g/mol. The number of imide groups is 2. The number of para-hydroxylation sites is 1. The van der Waals surface area contributed by atoms with Gasteiger partial charge in [-0.3, -0.25) is 25.0 Å². The predicted octanol–water partition coefficient (Wildman–Crippen LogP) is 3.98. The number of hydrogen-bond acceptors (Lipinski definition) is 5. The number of amides is 4. The summed E-state index contributed by atoms with van der Waals surface area (Å²) >= 11 is 0. The maximum absolute atomic E-state index is 13.2. The molecule has 0 atom stereocenters. The highest BCUT2D eigenvalue weighted by molar-refractivity contribution is 6.39. The lowest BCUT2D eigenvalue weighted by Crippen LogP contribution is -2.54. The number of benzene rings is 2. The average Bonchev–Trinajstić information content (AvgIpc) is 3.05. The number of aromatic nitrogens is 1. The molecule has 0 unspecified atom stereocenters. The zero-order valence-electron chi connectivity index (χ0n) is 18.2. The molecule has 1 fully saturated rings. The Hall–Kier alpha value is -4.53. The standard InChI is InChI=1S/C24H20N4O5/c1-14-6-4-5-7-21(14)27-23(30)20(22(29)25-24(27)31)13-17-12-15(2)26(16(17)3)18-8-10-19(11-9-18)28(32)33/h4-13H,1-3H3,(H,25,29,31). The second-order valence-corrected chi connectivity index (χ2v) is 7.68. The van der Waals surface area contributed by atoms with Crippen molar-refractivity contribution >= 4 is 35.3 Å². The van der Waals surface area contributed by atoms with E-state index in [-0.39, 0.29) is 11.3 Å². The summed E-state index contributed by atoms with van der Waals surface area (Å²) in [5.74, 6) is -1.48. The maximum atomic E-state index is 13.2. The largest absolute Gasteiger partial charge is 0.335 e. The molecule has 0 bridgehead atoms. The Morgan fingerprint density at radius 3 is 2.27 bits per heavy atom. The third kappa shape index (κ3) is 3.80. The molecule has 3 aromatic rings. The number of nitrogens with one attached hydrogen (secondary N) is 1. The van der Waals surface area contributed by atoms with Crippen LogP contribution in [0.15, 0.2) is 60.2 Å². The van der Waals surface area contributed by atoms with Crippen molar-refractivity contribution in [2.24, 2.45) is 0 Å². The molecule has 1 aliphatic rings. The van der Waals surface area contributed by atoms with Crippen molar-refractivity contribution in [3.8, 4) is 5.69 Å². The van der Waals surface area contributed by atoms with E-state index >= 15 is 0 Å². The van der Waals surface area contributed by atoms with Crippen molar-refractivity contribution in [3.63, 3.8) is 0 Å². The quantitative estimate of drug-likeness (QED) is 0.283. The number of nitro groups is 1. The molecule has 0 saturated carbocycles. The highest BCUT2D eigenvalue weighted by Gasteiger charge is 2.37. The number of hydrogen-bond donors (Lipinski definition) is 1. The molecule has 1 saturated heterocycles. The number of barbiturate groups is 1. The highest BCUT2D eigenvalue weighted by Crippen LogP contribution is 2.28. The molecule has 9 nitrogen and oxygen atoms in total. The Labute approximate surface area is 189 Å². The minimum absolute atomic E-state index is 0.0195. The lowest BCUT2D eigenvalue weighted by molar-refractivity contribution is -0.384. The summed E-state index contributed by atoms with van der Waals surface area (Å²) in [5, 5.41) is 13.2.